The van der Waals surface area contributed by atoms with Crippen LogP contribution >= 0.6 is 11.8 Å². The first-order valence-electron chi connectivity index (χ1n) is 12.9. The Morgan fingerprint density at radius 1 is 1.10 bits per heavy atom. The van der Waals surface area contributed by atoms with Gasteiger partial charge in [-0.15, -0.1) is 35.1 Å². The highest BCUT2D eigenvalue weighted by Crippen LogP contribution is 2.40. The van der Waals surface area contributed by atoms with Crippen molar-refractivity contribution in [3.8, 4) is 17.2 Å². The van der Waals surface area contributed by atoms with Crippen LogP contribution in [0, 0.1) is 5.82 Å². The van der Waals surface area contributed by atoms with E-state index in [1.807, 2.05) is 20.8 Å². The molecular weight excluding hydrogens is 580 g/mol. The van der Waals surface area contributed by atoms with E-state index in [-0.39, 0.29) is 29.6 Å². The molecule has 1 N–H and O–H groups in total. The lowest BCUT2D eigenvalue weighted by molar-refractivity contribution is -0.274. The quantitative estimate of drug-likeness (QED) is 0.322. The summed E-state index contributed by atoms with van der Waals surface area (Å²) in [6, 6.07) is 6.59. The number of hydrogen-bond acceptors (Lipinski definition) is 8. The number of amides is 2. The van der Waals surface area contributed by atoms with Crippen LogP contribution in [0.15, 0.2) is 45.7 Å². The minimum atomic E-state index is -4.86. The van der Waals surface area contributed by atoms with Crippen LogP contribution in [0.2, 0.25) is 0 Å². The molecule has 42 heavy (non-hydrogen) atoms. The fourth-order valence-electron chi connectivity index (χ4n) is 3.92. The molecule has 1 unspecified atom stereocenters. The van der Waals surface area contributed by atoms with E-state index >= 15 is 4.39 Å². The predicted molar refractivity (Wildman–Crippen MR) is 147 cm³/mol. The highest BCUT2D eigenvalue weighted by atomic mass is 32.2. The van der Waals surface area contributed by atoms with Gasteiger partial charge in [-0.05, 0) is 50.6 Å². The number of halogens is 4. The minimum Gasteiger partial charge on any atom is -0.444 e. The van der Waals surface area contributed by atoms with Gasteiger partial charge in [-0.25, -0.2) is 9.18 Å². The molecule has 9 nitrogen and oxygen atoms in total. The number of anilines is 1. The largest absolute Gasteiger partial charge is 0.573 e. The Kier molecular flexibility index (Phi) is 8.50. The number of nitrogens with zero attached hydrogens (tertiary/aromatic N) is 3. The highest BCUT2D eigenvalue weighted by Gasteiger charge is 2.35. The zero-order valence-electron chi connectivity index (χ0n) is 23.8. The fraction of sp³-hybridized carbons (Fsp3) is 0.429. The van der Waals surface area contributed by atoms with Gasteiger partial charge in [-0.3, -0.25) is 4.79 Å². The van der Waals surface area contributed by atoms with Crippen molar-refractivity contribution >= 4 is 29.4 Å². The van der Waals surface area contributed by atoms with E-state index in [2.05, 4.69) is 20.3 Å². The van der Waals surface area contributed by atoms with Gasteiger partial charge >= 0.3 is 12.5 Å². The van der Waals surface area contributed by atoms with Crippen LogP contribution in [-0.2, 0) is 21.5 Å². The molecule has 3 aromatic rings. The first kappa shape index (κ1) is 31.1. The van der Waals surface area contributed by atoms with Gasteiger partial charge in [0.05, 0.1) is 17.8 Å². The smallest absolute Gasteiger partial charge is 0.444 e. The third-order valence-corrected chi connectivity index (χ3v) is 6.93. The molecule has 1 aliphatic rings. The molecule has 0 radical (unpaired) electrons. The van der Waals surface area contributed by atoms with Crippen LogP contribution in [0.5, 0.6) is 5.75 Å². The number of nitrogens with one attached hydrogen (secondary N) is 1. The molecule has 1 aliphatic heterocycles. The Morgan fingerprint density at radius 2 is 1.76 bits per heavy atom. The second-order valence-electron chi connectivity index (χ2n) is 11.6. The maximum atomic E-state index is 15.4. The lowest BCUT2D eigenvalue weighted by atomic mass is 9.97. The summed E-state index contributed by atoms with van der Waals surface area (Å²) in [7, 11) is 0. The van der Waals surface area contributed by atoms with E-state index in [0.717, 1.165) is 23.9 Å². The SMILES string of the molecule is CC(C)(C)OC(=O)NC1CSc2cc(F)c(-c3nnc(C(C)(C)C)o3)cc2N(Cc2ccc(OC(F)(F)F)cc2)C1=O. The topological polar surface area (TPSA) is 107 Å². The standard InChI is InChI=1S/C28H30F4N4O5S/c1-26(2,3)24-35-34-22(39-24)17-11-20-21(12-18(17)29)42-14-19(33-25(38)41-27(4,5)6)23(37)36(20)13-15-7-9-16(10-8-15)40-28(30,31)32/h7-12,19H,13-14H2,1-6H3,(H,33,38). The van der Waals surface area contributed by atoms with E-state index in [4.69, 9.17) is 9.15 Å². The Hall–Kier alpha value is -3.81. The number of hydrogen-bond donors (Lipinski definition) is 1. The van der Waals surface area contributed by atoms with Crippen molar-refractivity contribution in [2.24, 2.45) is 0 Å². The van der Waals surface area contributed by atoms with Gasteiger partial charge in [0.2, 0.25) is 5.89 Å². The third kappa shape index (κ3) is 7.72. The number of carbonyl (C=O) groups is 2. The van der Waals surface area contributed by atoms with Crippen LogP contribution in [0.25, 0.3) is 11.5 Å². The lowest BCUT2D eigenvalue weighted by Gasteiger charge is -2.27. The van der Waals surface area contributed by atoms with Gasteiger partial charge in [0.15, 0.2) is 0 Å². The Bertz CT molecular complexity index is 1460. The summed E-state index contributed by atoms with van der Waals surface area (Å²) in [6.07, 6.45) is -5.67. The molecular formula is C28H30F4N4O5S. The molecule has 0 spiro atoms. The zero-order chi connectivity index (χ0) is 31.0. The van der Waals surface area contributed by atoms with Crippen molar-refractivity contribution in [3.05, 3.63) is 53.7 Å². The van der Waals surface area contributed by atoms with Gasteiger partial charge in [0, 0.05) is 16.1 Å². The normalized spacial score (nSPS) is 16.1. The molecule has 14 heteroatoms. The zero-order valence-corrected chi connectivity index (χ0v) is 24.6. The average molecular weight is 611 g/mol. The number of alkyl halides is 3. The number of aromatic nitrogens is 2. The van der Waals surface area contributed by atoms with Gasteiger partial charge in [-0.2, -0.15) is 0 Å². The van der Waals surface area contributed by atoms with E-state index in [0.29, 0.717) is 16.1 Å². The number of rotatable bonds is 5. The van der Waals surface area contributed by atoms with Crippen LogP contribution in [-0.4, -0.2) is 46.0 Å². The summed E-state index contributed by atoms with van der Waals surface area (Å²) < 4.78 is 68.3. The molecule has 2 aromatic carbocycles. The van der Waals surface area contributed by atoms with Crippen molar-refractivity contribution in [1.82, 2.24) is 15.5 Å². The molecule has 2 amide bonds. The third-order valence-electron chi connectivity index (χ3n) is 5.79. The summed E-state index contributed by atoms with van der Waals surface area (Å²) in [6.45, 7) is 10.5. The summed E-state index contributed by atoms with van der Waals surface area (Å²) >= 11 is 1.15. The molecule has 0 saturated carbocycles. The highest BCUT2D eigenvalue weighted by molar-refractivity contribution is 7.99. The Morgan fingerprint density at radius 3 is 2.33 bits per heavy atom. The lowest BCUT2D eigenvalue weighted by Crippen LogP contribution is -2.50. The van der Waals surface area contributed by atoms with E-state index in [1.165, 1.54) is 29.2 Å². The number of fused-ring (bicyclic) bond motifs is 1. The van der Waals surface area contributed by atoms with E-state index < -0.39 is 47.0 Å². The second kappa shape index (κ2) is 11.5. The summed E-state index contributed by atoms with van der Waals surface area (Å²) in [4.78, 5) is 28.1. The molecule has 0 saturated heterocycles. The van der Waals surface area contributed by atoms with Crippen LogP contribution in [0.4, 0.5) is 28.0 Å². The van der Waals surface area contributed by atoms with E-state index in [1.54, 1.807) is 20.8 Å². The van der Waals surface area contributed by atoms with E-state index in [9.17, 15) is 22.8 Å². The summed E-state index contributed by atoms with van der Waals surface area (Å²) in [5.74, 6) is -1.36. The average Bonchev–Trinajstić information content (AvgIpc) is 3.31. The van der Waals surface area contributed by atoms with Crippen LogP contribution in [0.3, 0.4) is 0 Å². The number of ether oxygens (including phenoxy) is 2. The maximum absolute atomic E-state index is 15.4. The van der Waals surface area contributed by atoms with Gasteiger partial charge in [0.1, 0.15) is 23.2 Å². The van der Waals surface area contributed by atoms with Crippen LogP contribution < -0.4 is 15.0 Å². The number of thioether (sulfide) groups is 1. The first-order chi connectivity index (χ1) is 19.4. The first-order valence-corrected chi connectivity index (χ1v) is 13.8. The number of carbonyl (C=O) groups excluding carboxylic acids is 2. The fourth-order valence-corrected chi connectivity index (χ4v) is 4.99. The van der Waals surface area contributed by atoms with Crippen LogP contribution in [0.1, 0.15) is 53.0 Å². The molecule has 0 fully saturated rings. The van der Waals surface area contributed by atoms with Crippen molar-refractivity contribution in [2.45, 2.75) is 76.4 Å². The number of alkyl carbamates (subject to hydrolysis) is 1. The molecule has 0 aliphatic carbocycles. The minimum absolute atomic E-state index is 0.0392. The molecule has 1 atom stereocenters. The molecule has 2 heterocycles. The molecule has 226 valence electrons. The molecule has 4 rings (SSSR count). The van der Waals surface area contributed by atoms with Crippen molar-refractivity contribution in [2.75, 3.05) is 10.7 Å². The van der Waals surface area contributed by atoms with Gasteiger partial charge in [-0.1, -0.05) is 32.9 Å². The van der Waals surface area contributed by atoms with Gasteiger partial charge < -0.3 is 24.1 Å². The maximum Gasteiger partial charge on any atom is 0.573 e. The molecule has 1 aromatic heterocycles. The Labute approximate surface area is 243 Å². The summed E-state index contributed by atoms with van der Waals surface area (Å²) in [5.41, 5.74) is -0.607. The van der Waals surface area contributed by atoms with Crippen molar-refractivity contribution in [3.63, 3.8) is 0 Å². The second-order valence-corrected chi connectivity index (χ2v) is 12.6. The monoisotopic (exact) mass is 610 g/mol. The Balaban J connectivity index is 1.73. The molecule has 0 bridgehead atoms. The van der Waals surface area contributed by atoms with Crippen molar-refractivity contribution in [1.29, 1.82) is 0 Å². The number of benzene rings is 2. The predicted octanol–water partition coefficient (Wildman–Crippen LogP) is 6.60. The summed E-state index contributed by atoms with van der Waals surface area (Å²) in [5, 5.41) is 10.6. The van der Waals surface area contributed by atoms with Crippen molar-refractivity contribution < 1.29 is 41.0 Å². The van der Waals surface area contributed by atoms with Gasteiger partial charge in [0.25, 0.3) is 11.8 Å².